The molecule has 6 heteroatoms. The maximum absolute atomic E-state index is 10.2. The number of hydrogen-bond donors (Lipinski definition) is 1. The fourth-order valence-electron chi connectivity index (χ4n) is 1.59. The van der Waals surface area contributed by atoms with Gasteiger partial charge in [0.15, 0.2) is 0 Å². The Bertz CT molecular complexity index is 217. The molecule has 1 saturated heterocycles. The number of likely N-dealkylation sites (N-methyl/N-ethyl adjacent to an activating group) is 1. The zero-order valence-electron chi connectivity index (χ0n) is 9.46. The highest BCUT2D eigenvalue weighted by Crippen LogP contribution is 2.00. The van der Waals surface area contributed by atoms with Gasteiger partial charge in [-0.1, -0.05) is 13.0 Å². The molecule has 0 radical (unpaired) electrons. The van der Waals surface area contributed by atoms with Crippen LogP contribution in [-0.4, -0.2) is 60.1 Å². The Morgan fingerprint density at radius 1 is 1.19 bits per heavy atom. The Hall–Kier alpha value is -0.290. The number of aliphatic carboxylic acids is 1. The summed E-state index contributed by atoms with van der Waals surface area (Å²) in [5.74, 6) is -0.864. The van der Waals surface area contributed by atoms with Crippen molar-refractivity contribution in [1.29, 1.82) is 0 Å². The SMILES string of the molecule is CCN1CCN(C/C=C/C(=O)O)CC1.Cl.Cl. The molecule has 1 fully saturated rings. The molecule has 0 unspecified atom stereocenters. The Labute approximate surface area is 109 Å². The van der Waals surface area contributed by atoms with Crippen LogP contribution in [0.15, 0.2) is 12.2 Å². The molecule has 1 aliphatic heterocycles. The monoisotopic (exact) mass is 270 g/mol. The quantitative estimate of drug-likeness (QED) is 0.778. The van der Waals surface area contributed by atoms with Gasteiger partial charge in [0.2, 0.25) is 0 Å². The predicted octanol–water partition coefficient (Wildman–Crippen LogP) is 1.11. The van der Waals surface area contributed by atoms with Crippen molar-refractivity contribution in [2.24, 2.45) is 0 Å². The van der Waals surface area contributed by atoms with E-state index in [0.29, 0.717) is 0 Å². The van der Waals surface area contributed by atoms with Gasteiger partial charge in [0.25, 0.3) is 0 Å². The van der Waals surface area contributed by atoms with Crippen LogP contribution in [0.4, 0.5) is 0 Å². The lowest BCUT2D eigenvalue weighted by atomic mass is 10.3. The van der Waals surface area contributed by atoms with Crippen molar-refractivity contribution < 1.29 is 9.90 Å². The standard InChI is InChI=1S/C10H18N2O2.2ClH/c1-2-11-6-8-12(9-7-11)5-3-4-10(13)14;;/h3-4H,2,5-9H2,1H3,(H,13,14);2*1H/b4-3+;;. The topological polar surface area (TPSA) is 43.8 Å². The molecule has 0 amide bonds. The van der Waals surface area contributed by atoms with Gasteiger partial charge in [0.05, 0.1) is 0 Å². The molecular weight excluding hydrogens is 251 g/mol. The number of halogens is 2. The summed E-state index contributed by atoms with van der Waals surface area (Å²) < 4.78 is 0. The Balaban J connectivity index is 0. The van der Waals surface area contributed by atoms with Gasteiger partial charge in [0.1, 0.15) is 0 Å². The molecule has 0 saturated carbocycles. The minimum Gasteiger partial charge on any atom is -0.478 e. The van der Waals surface area contributed by atoms with Crippen molar-refractivity contribution in [3.05, 3.63) is 12.2 Å². The fraction of sp³-hybridized carbons (Fsp3) is 0.700. The van der Waals surface area contributed by atoms with Crippen LogP contribution in [0.25, 0.3) is 0 Å². The Morgan fingerprint density at radius 3 is 2.12 bits per heavy atom. The number of carboxylic acid groups (broad SMARTS) is 1. The molecule has 0 aromatic carbocycles. The molecule has 0 aromatic rings. The number of hydrogen-bond acceptors (Lipinski definition) is 3. The Kier molecular flexibility index (Phi) is 11.2. The first-order valence-electron chi connectivity index (χ1n) is 5.06. The van der Waals surface area contributed by atoms with Crippen molar-refractivity contribution in [3.8, 4) is 0 Å². The lowest BCUT2D eigenvalue weighted by molar-refractivity contribution is -0.131. The minimum atomic E-state index is -0.864. The van der Waals surface area contributed by atoms with Crippen LogP contribution in [0.5, 0.6) is 0 Å². The van der Waals surface area contributed by atoms with E-state index < -0.39 is 5.97 Å². The number of carbonyl (C=O) groups is 1. The summed E-state index contributed by atoms with van der Waals surface area (Å²) in [5.41, 5.74) is 0. The third kappa shape index (κ3) is 7.06. The smallest absolute Gasteiger partial charge is 0.328 e. The molecule has 0 atom stereocenters. The predicted molar refractivity (Wildman–Crippen MR) is 69.8 cm³/mol. The summed E-state index contributed by atoms with van der Waals surface area (Å²) in [6.07, 6.45) is 2.93. The van der Waals surface area contributed by atoms with E-state index in [2.05, 4.69) is 16.7 Å². The number of rotatable bonds is 4. The van der Waals surface area contributed by atoms with Crippen molar-refractivity contribution in [2.75, 3.05) is 39.3 Å². The minimum absolute atomic E-state index is 0. The van der Waals surface area contributed by atoms with Crippen molar-refractivity contribution >= 4 is 30.8 Å². The van der Waals surface area contributed by atoms with E-state index in [1.54, 1.807) is 6.08 Å². The first-order valence-corrected chi connectivity index (χ1v) is 5.06. The van der Waals surface area contributed by atoms with Crippen molar-refractivity contribution in [2.45, 2.75) is 6.92 Å². The average molecular weight is 271 g/mol. The van der Waals surface area contributed by atoms with E-state index >= 15 is 0 Å². The fourth-order valence-corrected chi connectivity index (χ4v) is 1.59. The van der Waals surface area contributed by atoms with Gasteiger partial charge in [-0.15, -0.1) is 24.8 Å². The van der Waals surface area contributed by atoms with Crippen LogP contribution in [0, 0.1) is 0 Å². The van der Waals surface area contributed by atoms with E-state index in [1.807, 2.05) is 0 Å². The second-order valence-corrected chi connectivity index (χ2v) is 3.48. The van der Waals surface area contributed by atoms with Crippen LogP contribution in [0.3, 0.4) is 0 Å². The molecule has 1 N–H and O–H groups in total. The summed E-state index contributed by atoms with van der Waals surface area (Å²) in [6.45, 7) is 8.30. The van der Waals surface area contributed by atoms with E-state index in [1.165, 1.54) is 6.08 Å². The number of carboxylic acids is 1. The molecule has 16 heavy (non-hydrogen) atoms. The third-order valence-corrected chi connectivity index (χ3v) is 2.54. The number of nitrogens with zero attached hydrogens (tertiary/aromatic N) is 2. The molecule has 1 heterocycles. The normalized spacial score (nSPS) is 17.8. The zero-order chi connectivity index (χ0) is 10.4. The van der Waals surface area contributed by atoms with Crippen LogP contribution < -0.4 is 0 Å². The highest BCUT2D eigenvalue weighted by atomic mass is 35.5. The molecule has 0 spiro atoms. The van der Waals surface area contributed by atoms with Crippen LogP contribution in [0.2, 0.25) is 0 Å². The maximum atomic E-state index is 10.2. The van der Waals surface area contributed by atoms with Gasteiger partial charge in [-0.2, -0.15) is 0 Å². The van der Waals surface area contributed by atoms with Gasteiger partial charge in [-0.05, 0) is 6.54 Å². The second-order valence-electron chi connectivity index (χ2n) is 3.48. The number of piperazine rings is 1. The zero-order valence-corrected chi connectivity index (χ0v) is 11.1. The van der Waals surface area contributed by atoms with E-state index in [9.17, 15) is 4.79 Å². The third-order valence-electron chi connectivity index (χ3n) is 2.54. The van der Waals surface area contributed by atoms with Gasteiger partial charge in [0, 0.05) is 38.8 Å². The van der Waals surface area contributed by atoms with Crippen LogP contribution in [0.1, 0.15) is 6.92 Å². The molecular formula is C10H20Cl2N2O2. The second kappa shape index (κ2) is 9.90. The van der Waals surface area contributed by atoms with Gasteiger partial charge in [-0.3, -0.25) is 4.90 Å². The summed E-state index contributed by atoms with van der Waals surface area (Å²) in [5, 5.41) is 8.41. The molecule has 1 rings (SSSR count). The average Bonchev–Trinajstić information content (AvgIpc) is 2.18. The van der Waals surface area contributed by atoms with Crippen molar-refractivity contribution in [3.63, 3.8) is 0 Å². The highest BCUT2D eigenvalue weighted by molar-refractivity contribution is 5.85. The summed E-state index contributed by atoms with van der Waals surface area (Å²) in [4.78, 5) is 14.9. The van der Waals surface area contributed by atoms with E-state index in [-0.39, 0.29) is 24.8 Å². The molecule has 0 bridgehead atoms. The molecule has 96 valence electrons. The van der Waals surface area contributed by atoms with E-state index in [4.69, 9.17) is 5.11 Å². The summed E-state index contributed by atoms with van der Waals surface area (Å²) >= 11 is 0. The van der Waals surface area contributed by atoms with Crippen LogP contribution >= 0.6 is 24.8 Å². The molecule has 4 nitrogen and oxygen atoms in total. The molecule has 0 aromatic heterocycles. The summed E-state index contributed by atoms with van der Waals surface area (Å²) in [6, 6.07) is 0. The van der Waals surface area contributed by atoms with Crippen LogP contribution in [-0.2, 0) is 4.79 Å². The lowest BCUT2D eigenvalue weighted by Crippen LogP contribution is -2.46. The van der Waals surface area contributed by atoms with Gasteiger partial charge in [-0.25, -0.2) is 4.79 Å². The lowest BCUT2D eigenvalue weighted by Gasteiger charge is -2.33. The van der Waals surface area contributed by atoms with E-state index in [0.717, 1.165) is 39.3 Å². The van der Waals surface area contributed by atoms with Crippen molar-refractivity contribution in [1.82, 2.24) is 9.80 Å². The Morgan fingerprint density at radius 2 is 1.69 bits per heavy atom. The maximum Gasteiger partial charge on any atom is 0.328 e. The molecule has 0 aliphatic carbocycles. The summed E-state index contributed by atoms with van der Waals surface area (Å²) in [7, 11) is 0. The first-order chi connectivity index (χ1) is 6.72. The molecule has 1 aliphatic rings. The highest BCUT2D eigenvalue weighted by Gasteiger charge is 2.13. The largest absolute Gasteiger partial charge is 0.478 e. The first kappa shape index (κ1) is 18.1. The van der Waals surface area contributed by atoms with Gasteiger partial charge >= 0.3 is 5.97 Å². The van der Waals surface area contributed by atoms with Gasteiger partial charge < -0.3 is 10.0 Å².